The second-order valence-electron chi connectivity index (χ2n) is 5.93. The molecule has 0 radical (unpaired) electrons. The summed E-state index contributed by atoms with van der Waals surface area (Å²) >= 11 is 0. The molecule has 1 aromatic rings. The van der Waals surface area contributed by atoms with Gasteiger partial charge < -0.3 is 10.2 Å². The average molecular weight is 459 g/mol. The minimum Gasteiger partial charge on any atom is -0.352 e. The smallest absolute Gasteiger partial charge is 0.193 e. The van der Waals surface area contributed by atoms with E-state index in [1.54, 1.807) is 19.2 Å². The molecule has 0 bridgehead atoms. The predicted molar refractivity (Wildman–Crippen MR) is 110 cm³/mol. The first-order chi connectivity index (χ1) is 11.6. The quantitative estimate of drug-likeness (QED) is 0.418. The summed E-state index contributed by atoms with van der Waals surface area (Å²) < 4.78 is 14.0. The molecule has 25 heavy (non-hydrogen) atoms. The number of likely N-dealkylation sites (N-methyl/N-ethyl adjacent to an activating group) is 1. The van der Waals surface area contributed by atoms with Gasteiger partial charge in [-0.1, -0.05) is 19.9 Å². The van der Waals surface area contributed by atoms with E-state index in [0.29, 0.717) is 23.7 Å². The van der Waals surface area contributed by atoms with Crippen LogP contribution in [0.25, 0.3) is 0 Å². The van der Waals surface area contributed by atoms with Crippen LogP contribution in [0.2, 0.25) is 0 Å². The van der Waals surface area contributed by atoms with Crippen LogP contribution in [0.3, 0.4) is 0 Å². The van der Waals surface area contributed by atoms with E-state index in [-0.39, 0.29) is 29.8 Å². The fourth-order valence-corrected chi connectivity index (χ4v) is 3.24. The number of nitrogens with zero attached hydrogens (tertiary/aromatic N) is 4. The second-order valence-corrected chi connectivity index (χ2v) is 5.93. The molecule has 0 saturated carbocycles. The van der Waals surface area contributed by atoms with Crippen LogP contribution in [0, 0.1) is 17.1 Å². The first-order valence-corrected chi connectivity index (χ1v) is 8.51. The van der Waals surface area contributed by atoms with Crippen molar-refractivity contribution >= 4 is 29.9 Å². The van der Waals surface area contributed by atoms with Gasteiger partial charge in [0, 0.05) is 38.3 Å². The third kappa shape index (κ3) is 5.54. The fraction of sp³-hybridized carbons (Fsp3) is 0.556. The molecule has 5 nitrogen and oxygen atoms in total. The molecule has 138 valence electrons. The van der Waals surface area contributed by atoms with Gasteiger partial charge in [0.05, 0.1) is 11.6 Å². The van der Waals surface area contributed by atoms with Crippen molar-refractivity contribution in [3.05, 3.63) is 35.1 Å². The second kappa shape index (κ2) is 10.6. The van der Waals surface area contributed by atoms with Gasteiger partial charge >= 0.3 is 0 Å². The molecular formula is C18H27FIN5. The normalized spacial score (nSPS) is 17.4. The summed E-state index contributed by atoms with van der Waals surface area (Å²) in [7, 11) is 1.75. The summed E-state index contributed by atoms with van der Waals surface area (Å²) in [4.78, 5) is 9.02. The number of guanidine groups is 1. The summed E-state index contributed by atoms with van der Waals surface area (Å²) in [5.74, 6) is 0.438. The van der Waals surface area contributed by atoms with E-state index < -0.39 is 0 Å². The van der Waals surface area contributed by atoms with Gasteiger partial charge in [-0.25, -0.2) is 4.39 Å². The number of nitriles is 1. The first-order valence-electron chi connectivity index (χ1n) is 8.51. The Morgan fingerprint density at radius 2 is 2.16 bits per heavy atom. The Morgan fingerprint density at radius 1 is 1.44 bits per heavy atom. The van der Waals surface area contributed by atoms with Crippen LogP contribution < -0.4 is 5.32 Å². The van der Waals surface area contributed by atoms with Crippen molar-refractivity contribution < 1.29 is 4.39 Å². The zero-order valence-electron chi connectivity index (χ0n) is 15.1. The standard InChI is InChI=1S/C18H26FN5.HI/c1-4-23(5-2)16-8-9-24(13-16)18(21-3)22-12-15-7-6-14(11-20)10-17(15)19;/h6-7,10,16H,4-5,8-9,12-13H2,1-3H3,(H,21,22);1H. The van der Waals surface area contributed by atoms with E-state index in [1.165, 1.54) is 6.07 Å². The van der Waals surface area contributed by atoms with E-state index in [2.05, 4.69) is 34.0 Å². The number of hydrogen-bond donors (Lipinski definition) is 1. The Morgan fingerprint density at radius 3 is 2.72 bits per heavy atom. The highest BCUT2D eigenvalue weighted by Crippen LogP contribution is 2.16. The van der Waals surface area contributed by atoms with Gasteiger partial charge in [-0.3, -0.25) is 9.89 Å². The largest absolute Gasteiger partial charge is 0.352 e. The van der Waals surface area contributed by atoms with Crippen LogP contribution in [0.5, 0.6) is 0 Å². The molecule has 1 atom stereocenters. The van der Waals surface area contributed by atoms with Crippen molar-refractivity contribution in [2.75, 3.05) is 33.2 Å². The number of rotatable bonds is 5. The van der Waals surface area contributed by atoms with Crippen LogP contribution >= 0.6 is 24.0 Å². The number of hydrogen-bond acceptors (Lipinski definition) is 3. The number of halogens is 2. The van der Waals surface area contributed by atoms with Crippen LogP contribution in [0.4, 0.5) is 4.39 Å². The van der Waals surface area contributed by atoms with Crippen molar-refractivity contribution in [2.45, 2.75) is 32.9 Å². The van der Waals surface area contributed by atoms with E-state index in [1.807, 2.05) is 6.07 Å². The van der Waals surface area contributed by atoms with Crippen molar-refractivity contribution in [3.8, 4) is 6.07 Å². The molecule has 1 aromatic carbocycles. The number of benzene rings is 1. The van der Waals surface area contributed by atoms with Crippen LogP contribution in [-0.4, -0.2) is 55.0 Å². The maximum Gasteiger partial charge on any atom is 0.193 e. The Balaban J connectivity index is 0.00000312. The predicted octanol–water partition coefficient (Wildman–Crippen LogP) is 2.81. The van der Waals surface area contributed by atoms with Crippen molar-refractivity contribution in [1.82, 2.24) is 15.1 Å². The van der Waals surface area contributed by atoms with E-state index >= 15 is 0 Å². The minimum absolute atomic E-state index is 0. The van der Waals surface area contributed by atoms with Crippen molar-refractivity contribution in [3.63, 3.8) is 0 Å². The average Bonchev–Trinajstić information content (AvgIpc) is 3.07. The van der Waals surface area contributed by atoms with Gasteiger partial charge in [-0.2, -0.15) is 5.26 Å². The molecule has 1 unspecified atom stereocenters. The first kappa shape index (κ1) is 21.6. The number of aliphatic imine (C=N–C) groups is 1. The minimum atomic E-state index is -0.362. The molecule has 0 aliphatic carbocycles. The molecule has 0 amide bonds. The highest BCUT2D eigenvalue weighted by atomic mass is 127. The van der Waals surface area contributed by atoms with Gasteiger partial charge in [0.25, 0.3) is 0 Å². The lowest BCUT2D eigenvalue weighted by Crippen LogP contribution is -2.43. The molecule has 0 spiro atoms. The zero-order valence-corrected chi connectivity index (χ0v) is 17.5. The Kier molecular flexibility index (Phi) is 9.14. The molecular weight excluding hydrogens is 432 g/mol. The third-order valence-electron chi connectivity index (χ3n) is 4.62. The number of nitrogens with one attached hydrogen (secondary N) is 1. The summed E-state index contributed by atoms with van der Waals surface area (Å²) in [6, 6.07) is 7.05. The van der Waals surface area contributed by atoms with Crippen LogP contribution in [0.1, 0.15) is 31.4 Å². The molecule has 2 rings (SSSR count). The maximum absolute atomic E-state index is 14.0. The molecule has 1 N–H and O–H groups in total. The summed E-state index contributed by atoms with van der Waals surface area (Å²) in [5.41, 5.74) is 0.872. The molecule has 7 heteroatoms. The van der Waals surface area contributed by atoms with Crippen LogP contribution in [0.15, 0.2) is 23.2 Å². The van der Waals surface area contributed by atoms with Crippen molar-refractivity contribution in [1.29, 1.82) is 5.26 Å². The monoisotopic (exact) mass is 459 g/mol. The Bertz CT molecular complexity index is 624. The highest BCUT2D eigenvalue weighted by Gasteiger charge is 2.27. The molecule has 1 aliphatic rings. The maximum atomic E-state index is 14.0. The lowest BCUT2D eigenvalue weighted by atomic mass is 10.1. The fourth-order valence-electron chi connectivity index (χ4n) is 3.24. The summed E-state index contributed by atoms with van der Waals surface area (Å²) in [6.45, 7) is 8.74. The van der Waals surface area contributed by atoms with E-state index in [9.17, 15) is 4.39 Å². The molecule has 1 fully saturated rings. The summed E-state index contributed by atoms with van der Waals surface area (Å²) in [5, 5.41) is 12.0. The van der Waals surface area contributed by atoms with Crippen molar-refractivity contribution in [2.24, 2.45) is 4.99 Å². The van der Waals surface area contributed by atoms with Gasteiger partial charge in [0.1, 0.15) is 5.82 Å². The molecule has 0 aromatic heterocycles. The third-order valence-corrected chi connectivity index (χ3v) is 4.62. The molecule has 1 saturated heterocycles. The molecule has 1 heterocycles. The Labute approximate surface area is 166 Å². The topological polar surface area (TPSA) is 54.7 Å². The van der Waals surface area contributed by atoms with E-state index in [0.717, 1.165) is 38.6 Å². The highest BCUT2D eigenvalue weighted by molar-refractivity contribution is 14.0. The van der Waals surface area contributed by atoms with Gasteiger partial charge in [0.2, 0.25) is 0 Å². The van der Waals surface area contributed by atoms with Gasteiger partial charge in [-0.05, 0) is 31.6 Å². The van der Waals surface area contributed by atoms with Crippen LogP contribution in [-0.2, 0) is 6.54 Å². The summed E-state index contributed by atoms with van der Waals surface area (Å²) in [6.07, 6.45) is 1.12. The molecule has 1 aliphatic heterocycles. The number of likely N-dealkylation sites (tertiary alicyclic amines) is 1. The van der Waals surface area contributed by atoms with Gasteiger partial charge in [-0.15, -0.1) is 24.0 Å². The van der Waals surface area contributed by atoms with Gasteiger partial charge in [0.15, 0.2) is 5.96 Å². The zero-order chi connectivity index (χ0) is 17.5. The lowest BCUT2D eigenvalue weighted by molar-refractivity contribution is 0.223. The SMILES string of the molecule is CCN(CC)C1CCN(C(=NC)NCc2ccc(C#N)cc2F)C1.I. The lowest BCUT2D eigenvalue weighted by Gasteiger charge is -2.27. The van der Waals surface area contributed by atoms with E-state index in [4.69, 9.17) is 5.26 Å². The Hall–Kier alpha value is -1.40.